The number of anilines is 2. The maximum Gasteiger partial charge on any atom is 0.263 e. The van der Waals surface area contributed by atoms with Gasteiger partial charge in [0.05, 0.1) is 4.90 Å². The summed E-state index contributed by atoms with van der Waals surface area (Å²) in [7, 11) is -3.74. The van der Waals surface area contributed by atoms with Crippen LogP contribution in [0.5, 0.6) is 11.5 Å². The van der Waals surface area contributed by atoms with Crippen LogP contribution >= 0.6 is 0 Å². The molecular formula is C23H24N6O4S. The predicted octanol–water partition coefficient (Wildman–Crippen LogP) is 2.22. The van der Waals surface area contributed by atoms with E-state index in [1.165, 1.54) is 18.6 Å². The van der Waals surface area contributed by atoms with Gasteiger partial charge < -0.3 is 19.3 Å². The molecule has 2 aromatic carbocycles. The van der Waals surface area contributed by atoms with Crippen LogP contribution in [-0.2, 0) is 10.0 Å². The Hall–Kier alpha value is -3.86. The highest BCUT2D eigenvalue weighted by Gasteiger charge is 2.30. The molecule has 3 heterocycles. The van der Waals surface area contributed by atoms with Crippen molar-refractivity contribution in [3.05, 3.63) is 67.1 Å². The molecule has 1 aromatic heterocycles. The molecule has 176 valence electrons. The van der Waals surface area contributed by atoms with E-state index >= 15 is 0 Å². The van der Waals surface area contributed by atoms with E-state index in [1.807, 2.05) is 29.2 Å². The van der Waals surface area contributed by atoms with Crippen LogP contribution < -0.4 is 19.1 Å². The molecule has 3 aromatic rings. The number of sulfonamides is 1. The van der Waals surface area contributed by atoms with Gasteiger partial charge in [0.1, 0.15) is 24.6 Å². The number of para-hydroxylation sites is 2. The molecule has 1 unspecified atom stereocenters. The van der Waals surface area contributed by atoms with Crippen molar-refractivity contribution in [1.29, 1.82) is 5.41 Å². The fourth-order valence-corrected chi connectivity index (χ4v) is 4.96. The van der Waals surface area contributed by atoms with Crippen LogP contribution in [0.1, 0.15) is 0 Å². The Morgan fingerprint density at radius 2 is 1.74 bits per heavy atom. The summed E-state index contributed by atoms with van der Waals surface area (Å²) in [6.07, 6.45) is 2.32. The minimum Gasteiger partial charge on any atom is -0.485 e. The molecule has 0 spiro atoms. The standard InChI is InChI=1S/C23H24N6O4S/c24-23(21-15-32-19-3-1-2-4-20(19)33-21)29-13-11-28(12-14-29)17-5-7-18(8-6-17)34(30,31)27-22-9-10-25-16-26-22/h1-10,16,21,24H,11-15H2,(H,25,26,27). The maximum atomic E-state index is 12.6. The molecule has 1 fully saturated rings. The van der Waals surface area contributed by atoms with E-state index < -0.39 is 16.1 Å². The van der Waals surface area contributed by atoms with Crippen molar-refractivity contribution < 1.29 is 17.9 Å². The lowest BCUT2D eigenvalue weighted by molar-refractivity contribution is 0.123. The molecule has 1 saturated heterocycles. The third-order valence-electron chi connectivity index (χ3n) is 5.77. The zero-order valence-corrected chi connectivity index (χ0v) is 19.1. The highest BCUT2D eigenvalue weighted by Crippen LogP contribution is 2.31. The lowest BCUT2D eigenvalue weighted by Gasteiger charge is -2.39. The van der Waals surface area contributed by atoms with Gasteiger partial charge in [0.2, 0.25) is 0 Å². The minimum absolute atomic E-state index is 0.157. The van der Waals surface area contributed by atoms with Crippen molar-refractivity contribution in [2.75, 3.05) is 42.4 Å². The fourth-order valence-electron chi connectivity index (χ4n) is 3.95. The van der Waals surface area contributed by atoms with Crippen LogP contribution in [0.4, 0.5) is 11.5 Å². The molecule has 0 saturated carbocycles. The van der Waals surface area contributed by atoms with Crippen LogP contribution in [0, 0.1) is 5.41 Å². The number of benzene rings is 2. The number of hydrogen-bond donors (Lipinski definition) is 2. The van der Waals surface area contributed by atoms with Gasteiger partial charge in [-0.3, -0.25) is 10.1 Å². The van der Waals surface area contributed by atoms with E-state index in [2.05, 4.69) is 19.6 Å². The number of nitrogens with zero attached hydrogens (tertiary/aromatic N) is 4. The molecular weight excluding hydrogens is 456 g/mol. The van der Waals surface area contributed by atoms with E-state index in [0.717, 1.165) is 5.69 Å². The SMILES string of the molecule is N=C(C1COc2ccccc2O1)N1CCN(c2ccc(S(=O)(=O)Nc3ccncn3)cc2)CC1. The van der Waals surface area contributed by atoms with E-state index in [0.29, 0.717) is 50.1 Å². The Morgan fingerprint density at radius 3 is 2.44 bits per heavy atom. The zero-order chi connectivity index (χ0) is 23.5. The summed E-state index contributed by atoms with van der Waals surface area (Å²) in [6.45, 7) is 3.05. The van der Waals surface area contributed by atoms with E-state index in [9.17, 15) is 8.42 Å². The maximum absolute atomic E-state index is 12.6. The van der Waals surface area contributed by atoms with Crippen LogP contribution in [0.25, 0.3) is 0 Å². The Bertz CT molecular complexity index is 1260. The van der Waals surface area contributed by atoms with Gasteiger partial charge >= 0.3 is 0 Å². The number of fused-ring (bicyclic) bond motifs is 1. The highest BCUT2D eigenvalue weighted by atomic mass is 32.2. The van der Waals surface area contributed by atoms with Crippen molar-refractivity contribution in [3.8, 4) is 11.5 Å². The van der Waals surface area contributed by atoms with Crippen LogP contribution in [0.15, 0.2) is 72.0 Å². The third kappa shape index (κ3) is 4.60. The number of ether oxygens (including phenoxy) is 2. The first kappa shape index (κ1) is 22.0. The van der Waals surface area contributed by atoms with Gasteiger partial charge in [0.15, 0.2) is 17.6 Å². The Morgan fingerprint density at radius 1 is 1.00 bits per heavy atom. The fraction of sp³-hybridized carbons (Fsp3) is 0.261. The van der Waals surface area contributed by atoms with Crippen molar-refractivity contribution in [1.82, 2.24) is 14.9 Å². The topological polar surface area (TPSA) is 121 Å². The summed E-state index contributed by atoms with van der Waals surface area (Å²) in [4.78, 5) is 12.0. The second kappa shape index (κ2) is 9.18. The molecule has 10 nitrogen and oxygen atoms in total. The minimum atomic E-state index is -3.74. The first-order valence-corrected chi connectivity index (χ1v) is 12.3. The van der Waals surface area contributed by atoms with E-state index in [4.69, 9.17) is 14.9 Å². The van der Waals surface area contributed by atoms with Gasteiger partial charge in [0.25, 0.3) is 10.0 Å². The molecule has 0 aliphatic carbocycles. The molecule has 2 aliphatic heterocycles. The summed E-state index contributed by atoms with van der Waals surface area (Å²) in [5.74, 6) is 1.99. The highest BCUT2D eigenvalue weighted by molar-refractivity contribution is 7.92. The third-order valence-corrected chi connectivity index (χ3v) is 7.14. The molecule has 34 heavy (non-hydrogen) atoms. The number of piperazine rings is 1. The first-order chi connectivity index (χ1) is 16.5. The normalized spacial score (nSPS) is 17.8. The average Bonchev–Trinajstić information content (AvgIpc) is 2.88. The first-order valence-electron chi connectivity index (χ1n) is 10.9. The van der Waals surface area contributed by atoms with Gasteiger partial charge in [-0.25, -0.2) is 18.4 Å². The Labute approximate surface area is 197 Å². The van der Waals surface area contributed by atoms with Crippen molar-refractivity contribution in [3.63, 3.8) is 0 Å². The Kier molecular flexibility index (Phi) is 5.93. The molecule has 2 aliphatic rings. The van der Waals surface area contributed by atoms with Gasteiger partial charge in [-0.1, -0.05) is 12.1 Å². The lowest BCUT2D eigenvalue weighted by Crippen LogP contribution is -2.53. The molecule has 1 atom stereocenters. The molecule has 5 rings (SSSR count). The van der Waals surface area contributed by atoms with Crippen LogP contribution in [-0.4, -0.2) is 68.0 Å². The monoisotopic (exact) mass is 480 g/mol. The summed E-state index contributed by atoms with van der Waals surface area (Å²) in [6, 6.07) is 15.7. The van der Waals surface area contributed by atoms with Gasteiger partial charge in [-0.2, -0.15) is 0 Å². The second-order valence-electron chi connectivity index (χ2n) is 7.92. The largest absolute Gasteiger partial charge is 0.485 e. The number of aromatic nitrogens is 2. The van der Waals surface area contributed by atoms with Crippen molar-refractivity contribution >= 4 is 27.4 Å². The smallest absolute Gasteiger partial charge is 0.263 e. The van der Waals surface area contributed by atoms with Crippen molar-refractivity contribution in [2.24, 2.45) is 0 Å². The number of amidine groups is 1. The van der Waals surface area contributed by atoms with Gasteiger partial charge in [0, 0.05) is 38.1 Å². The van der Waals surface area contributed by atoms with Gasteiger partial charge in [-0.05, 0) is 42.5 Å². The molecule has 0 bridgehead atoms. The van der Waals surface area contributed by atoms with Gasteiger partial charge in [-0.15, -0.1) is 0 Å². The summed E-state index contributed by atoms with van der Waals surface area (Å²) < 4.78 is 39.4. The molecule has 11 heteroatoms. The van der Waals surface area contributed by atoms with Crippen molar-refractivity contribution in [2.45, 2.75) is 11.0 Å². The van der Waals surface area contributed by atoms with E-state index in [-0.39, 0.29) is 10.7 Å². The number of rotatable bonds is 5. The summed E-state index contributed by atoms with van der Waals surface area (Å²) in [5.41, 5.74) is 0.929. The molecule has 0 amide bonds. The number of hydrogen-bond acceptors (Lipinski definition) is 8. The molecule has 0 radical (unpaired) electrons. The van der Waals surface area contributed by atoms with Crippen LogP contribution in [0.3, 0.4) is 0 Å². The second-order valence-corrected chi connectivity index (χ2v) is 9.60. The van der Waals surface area contributed by atoms with E-state index in [1.54, 1.807) is 24.3 Å². The molecule has 2 N–H and O–H groups in total. The zero-order valence-electron chi connectivity index (χ0n) is 18.3. The van der Waals surface area contributed by atoms with Crippen LogP contribution in [0.2, 0.25) is 0 Å². The Balaban J connectivity index is 1.18. The predicted molar refractivity (Wildman–Crippen MR) is 127 cm³/mol. The lowest BCUT2D eigenvalue weighted by atomic mass is 10.2. The quantitative estimate of drug-likeness (QED) is 0.421. The summed E-state index contributed by atoms with van der Waals surface area (Å²) >= 11 is 0. The summed E-state index contributed by atoms with van der Waals surface area (Å²) in [5, 5.41) is 8.60. The average molecular weight is 481 g/mol. The number of nitrogens with one attached hydrogen (secondary N) is 2.